The summed E-state index contributed by atoms with van der Waals surface area (Å²) in [6, 6.07) is 9.77. The van der Waals surface area contributed by atoms with Crippen LogP contribution in [0.15, 0.2) is 41.2 Å². The van der Waals surface area contributed by atoms with E-state index in [1.54, 1.807) is 12.1 Å². The minimum absolute atomic E-state index is 0.182. The van der Waals surface area contributed by atoms with E-state index >= 15 is 0 Å². The van der Waals surface area contributed by atoms with Gasteiger partial charge in [-0.15, -0.1) is 0 Å². The normalized spacial score (nSPS) is 11.9. The first-order chi connectivity index (χ1) is 9.47. The zero-order valence-electron chi connectivity index (χ0n) is 11.1. The molecule has 1 aromatic heterocycles. The van der Waals surface area contributed by atoms with Crippen LogP contribution < -0.4 is 10.9 Å². The van der Waals surface area contributed by atoms with Crippen molar-refractivity contribution in [3.63, 3.8) is 0 Å². The van der Waals surface area contributed by atoms with Gasteiger partial charge in [0.2, 0.25) is 0 Å². The SMILES string of the molecule is C[C@H](NC(=O)c1ccc(=O)n(C)n1)c1ccc(Cl)cc1. The van der Waals surface area contributed by atoms with E-state index in [1.807, 2.05) is 19.1 Å². The molecule has 104 valence electrons. The maximum Gasteiger partial charge on any atom is 0.272 e. The molecule has 2 aromatic rings. The maximum absolute atomic E-state index is 12.0. The molecular formula is C14H14ClN3O2. The van der Waals surface area contributed by atoms with Crippen LogP contribution in [0.5, 0.6) is 0 Å². The molecule has 0 aliphatic carbocycles. The average Bonchev–Trinajstić information content (AvgIpc) is 2.42. The van der Waals surface area contributed by atoms with Gasteiger partial charge in [0.25, 0.3) is 11.5 Å². The van der Waals surface area contributed by atoms with E-state index in [4.69, 9.17) is 11.6 Å². The van der Waals surface area contributed by atoms with Crippen molar-refractivity contribution in [2.24, 2.45) is 7.05 Å². The number of nitrogens with zero attached hydrogens (tertiary/aromatic N) is 2. The Morgan fingerprint density at radius 1 is 1.25 bits per heavy atom. The van der Waals surface area contributed by atoms with Crippen molar-refractivity contribution in [3.05, 3.63) is 63.0 Å². The maximum atomic E-state index is 12.0. The van der Waals surface area contributed by atoms with E-state index in [9.17, 15) is 9.59 Å². The van der Waals surface area contributed by atoms with Crippen molar-refractivity contribution in [2.75, 3.05) is 0 Å². The number of carbonyl (C=O) groups is 1. The Balaban J connectivity index is 2.12. The van der Waals surface area contributed by atoms with Gasteiger partial charge < -0.3 is 5.32 Å². The second-order valence-electron chi connectivity index (χ2n) is 4.43. The lowest BCUT2D eigenvalue weighted by atomic mass is 10.1. The van der Waals surface area contributed by atoms with Crippen molar-refractivity contribution in [1.82, 2.24) is 15.1 Å². The molecule has 2 rings (SSSR count). The molecule has 20 heavy (non-hydrogen) atoms. The fourth-order valence-corrected chi connectivity index (χ4v) is 1.85. The molecule has 0 unspecified atom stereocenters. The minimum Gasteiger partial charge on any atom is -0.344 e. The van der Waals surface area contributed by atoms with Gasteiger partial charge in [-0.25, -0.2) is 4.68 Å². The van der Waals surface area contributed by atoms with Crippen LogP contribution in [0.3, 0.4) is 0 Å². The molecular weight excluding hydrogens is 278 g/mol. The second kappa shape index (κ2) is 5.88. The van der Waals surface area contributed by atoms with Gasteiger partial charge in [-0.3, -0.25) is 9.59 Å². The summed E-state index contributed by atoms with van der Waals surface area (Å²) < 4.78 is 1.13. The van der Waals surface area contributed by atoms with Crippen LogP contribution in [0.2, 0.25) is 5.02 Å². The highest BCUT2D eigenvalue weighted by Gasteiger charge is 2.13. The first-order valence-electron chi connectivity index (χ1n) is 6.08. The van der Waals surface area contributed by atoms with Crippen molar-refractivity contribution < 1.29 is 4.79 Å². The van der Waals surface area contributed by atoms with Crippen molar-refractivity contribution >= 4 is 17.5 Å². The number of halogens is 1. The summed E-state index contributed by atoms with van der Waals surface area (Å²) in [6.07, 6.45) is 0. The molecule has 0 fully saturated rings. The van der Waals surface area contributed by atoms with Crippen LogP contribution in [-0.4, -0.2) is 15.7 Å². The van der Waals surface area contributed by atoms with Gasteiger partial charge in [-0.05, 0) is 30.7 Å². The van der Waals surface area contributed by atoms with Crippen LogP contribution in [0.1, 0.15) is 29.0 Å². The van der Waals surface area contributed by atoms with Gasteiger partial charge in [0, 0.05) is 18.1 Å². The molecule has 0 saturated carbocycles. The predicted octanol–water partition coefficient (Wildman–Crippen LogP) is 1.92. The number of carbonyl (C=O) groups excluding carboxylic acids is 1. The molecule has 0 spiro atoms. The number of nitrogens with one attached hydrogen (secondary N) is 1. The highest BCUT2D eigenvalue weighted by atomic mass is 35.5. The molecule has 1 atom stereocenters. The molecule has 0 radical (unpaired) electrons. The Bertz CT molecular complexity index is 680. The van der Waals surface area contributed by atoms with Gasteiger partial charge in [-0.1, -0.05) is 23.7 Å². The van der Waals surface area contributed by atoms with E-state index < -0.39 is 0 Å². The number of benzene rings is 1. The first kappa shape index (κ1) is 14.3. The molecule has 0 saturated heterocycles. The minimum atomic E-state index is -0.331. The van der Waals surface area contributed by atoms with Gasteiger partial charge in [0.05, 0.1) is 6.04 Å². The summed E-state index contributed by atoms with van der Waals surface area (Å²) in [7, 11) is 1.50. The van der Waals surface area contributed by atoms with Crippen molar-refractivity contribution in [2.45, 2.75) is 13.0 Å². The largest absolute Gasteiger partial charge is 0.344 e. The molecule has 1 aromatic carbocycles. The molecule has 5 nitrogen and oxygen atoms in total. The number of rotatable bonds is 3. The van der Waals surface area contributed by atoms with Crippen molar-refractivity contribution in [1.29, 1.82) is 0 Å². The Morgan fingerprint density at radius 2 is 1.90 bits per heavy atom. The van der Waals surface area contributed by atoms with Gasteiger partial charge in [0.15, 0.2) is 0 Å². The fraction of sp³-hybridized carbons (Fsp3) is 0.214. The monoisotopic (exact) mass is 291 g/mol. The zero-order valence-corrected chi connectivity index (χ0v) is 11.9. The highest BCUT2D eigenvalue weighted by Crippen LogP contribution is 2.16. The standard InChI is InChI=1S/C14H14ClN3O2/c1-9(10-3-5-11(15)6-4-10)16-14(20)12-7-8-13(19)18(2)17-12/h3-9H,1-2H3,(H,16,20)/t9-/m0/s1. The summed E-state index contributed by atoms with van der Waals surface area (Å²) in [6.45, 7) is 1.86. The Morgan fingerprint density at radius 3 is 2.50 bits per heavy atom. The topological polar surface area (TPSA) is 64.0 Å². The van der Waals surface area contributed by atoms with Crippen LogP contribution in [-0.2, 0) is 7.05 Å². The van der Waals surface area contributed by atoms with Gasteiger partial charge in [0.1, 0.15) is 5.69 Å². The summed E-state index contributed by atoms with van der Waals surface area (Å²) >= 11 is 5.82. The third-order valence-corrected chi connectivity index (χ3v) is 3.16. The number of hydrogen-bond donors (Lipinski definition) is 1. The van der Waals surface area contributed by atoms with E-state index in [1.165, 1.54) is 19.2 Å². The van der Waals surface area contributed by atoms with Crippen LogP contribution in [0.25, 0.3) is 0 Å². The Hall–Kier alpha value is -2.14. The second-order valence-corrected chi connectivity index (χ2v) is 4.86. The Kier molecular flexibility index (Phi) is 4.20. The summed E-state index contributed by atoms with van der Waals surface area (Å²) in [4.78, 5) is 23.3. The van der Waals surface area contributed by atoms with E-state index in [0.717, 1.165) is 10.2 Å². The number of aromatic nitrogens is 2. The summed E-state index contributed by atoms with van der Waals surface area (Å²) in [5.74, 6) is -0.331. The number of aryl methyl sites for hydroxylation is 1. The quantitative estimate of drug-likeness (QED) is 0.940. The lowest BCUT2D eigenvalue weighted by molar-refractivity contribution is 0.0932. The predicted molar refractivity (Wildman–Crippen MR) is 76.8 cm³/mol. The lowest BCUT2D eigenvalue weighted by Crippen LogP contribution is -2.30. The average molecular weight is 292 g/mol. The zero-order chi connectivity index (χ0) is 14.7. The fourth-order valence-electron chi connectivity index (χ4n) is 1.73. The van der Waals surface area contributed by atoms with E-state index in [0.29, 0.717) is 5.02 Å². The molecule has 1 amide bonds. The van der Waals surface area contributed by atoms with E-state index in [-0.39, 0.29) is 23.2 Å². The van der Waals surface area contributed by atoms with Gasteiger partial charge >= 0.3 is 0 Å². The van der Waals surface area contributed by atoms with Crippen LogP contribution >= 0.6 is 11.6 Å². The van der Waals surface area contributed by atoms with Crippen LogP contribution in [0.4, 0.5) is 0 Å². The van der Waals surface area contributed by atoms with Gasteiger partial charge in [-0.2, -0.15) is 5.10 Å². The molecule has 0 aliphatic rings. The molecule has 1 heterocycles. The lowest BCUT2D eigenvalue weighted by Gasteiger charge is -2.14. The summed E-state index contributed by atoms with van der Waals surface area (Å²) in [5.41, 5.74) is 0.882. The third kappa shape index (κ3) is 3.24. The van der Waals surface area contributed by atoms with Crippen LogP contribution in [0, 0.1) is 0 Å². The first-order valence-corrected chi connectivity index (χ1v) is 6.46. The smallest absolute Gasteiger partial charge is 0.272 e. The molecule has 0 bridgehead atoms. The summed E-state index contributed by atoms with van der Waals surface area (Å²) in [5, 5.41) is 7.37. The van der Waals surface area contributed by atoms with Crippen molar-refractivity contribution in [3.8, 4) is 0 Å². The Labute approximate surface area is 121 Å². The third-order valence-electron chi connectivity index (χ3n) is 2.91. The molecule has 1 N–H and O–H groups in total. The van der Waals surface area contributed by atoms with E-state index in [2.05, 4.69) is 10.4 Å². The number of amides is 1. The number of hydrogen-bond acceptors (Lipinski definition) is 3. The molecule has 6 heteroatoms. The highest BCUT2D eigenvalue weighted by molar-refractivity contribution is 6.30. The molecule has 0 aliphatic heterocycles.